The minimum Gasteiger partial charge on any atom is -0.468 e. The Morgan fingerprint density at radius 3 is 2.60 bits per heavy atom. The molecule has 0 radical (unpaired) electrons. The summed E-state index contributed by atoms with van der Waals surface area (Å²) in [5.74, 6) is 1.71. The zero-order chi connectivity index (χ0) is 38.7. The molecule has 15 heteroatoms. The highest BCUT2D eigenvalue weighted by Crippen LogP contribution is 2.47. The number of terminal acetylenes is 1. The fraction of sp³-hybridized carbons (Fsp3) is 0.500. The third kappa shape index (κ3) is 8.83. The number of benzene rings is 2. The highest BCUT2D eigenvalue weighted by molar-refractivity contribution is 6.03. The molecule has 2 aliphatic heterocycles. The van der Waals surface area contributed by atoms with E-state index in [4.69, 9.17) is 39.8 Å². The number of nitrogens with zero attached hydrogens (tertiary/aromatic N) is 5. The summed E-state index contributed by atoms with van der Waals surface area (Å²) in [6.07, 6.45) is 8.67. The fourth-order valence-corrected chi connectivity index (χ4v) is 7.01. The smallest absolute Gasteiger partial charge is 0.408 e. The Morgan fingerprint density at radius 1 is 1.09 bits per heavy atom. The Labute approximate surface area is 318 Å². The van der Waals surface area contributed by atoms with Crippen molar-refractivity contribution in [1.29, 1.82) is 0 Å². The van der Waals surface area contributed by atoms with Crippen molar-refractivity contribution in [1.82, 2.24) is 25.2 Å². The molecule has 1 N–H and O–H groups in total. The van der Waals surface area contributed by atoms with Gasteiger partial charge in [0.05, 0.1) is 50.0 Å². The number of halogens is 2. The molecule has 1 amide bonds. The third-order valence-corrected chi connectivity index (χ3v) is 9.84. The van der Waals surface area contributed by atoms with Crippen LogP contribution in [0, 0.1) is 29.4 Å². The number of rotatable bonds is 11. The van der Waals surface area contributed by atoms with Gasteiger partial charge in [-0.25, -0.2) is 13.6 Å². The number of nitrogens with one attached hydrogen (secondary N) is 1. The number of amides is 1. The molecule has 7 rings (SSSR count). The lowest BCUT2D eigenvalue weighted by Crippen LogP contribution is -2.46. The number of carbonyl (C=O) groups is 1. The average Bonchev–Trinajstić information content (AvgIpc) is 3.96. The van der Waals surface area contributed by atoms with Crippen LogP contribution < -0.4 is 19.7 Å². The van der Waals surface area contributed by atoms with Gasteiger partial charge >= 0.3 is 12.1 Å². The first-order valence-electron chi connectivity index (χ1n) is 18.4. The van der Waals surface area contributed by atoms with E-state index >= 15 is 8.78 Å². The standard InChI is InChI=1S/C40H46F2N6O7/c1-6-28-31(41)8-7-25-17-27(54-24-50-5)18-29(32(25)28)34-33(42)35-30(19-43-34)36(48-13-16-52-21-26(20-48)44-38(49)55-39(2,3)4)46-37(45-35)53-23-40(9-10-40)22-47-11-14-51-15-12-47/h1,7-8,17-19,26H,9-16,20-24H2,2-5H3,(H,44,49)/t26-/m1/s1. The van der Waals surface area contributed by atoms with Crippen LogP contribution in [0.3, 0.4) is 0 Å². The zero-order valence-corrected chi connectivity index (χ0v) is 31.6. The van der Waals surface area contributed by atoms with Crippen LogP contribution >= 0.6 is 0 Å². The summed E-state index contributed by atoms with van der Waals surface area (Å²) >= 11 is 0. The quantitative estimate of drug-likeness (QED) is 0.157. The van der Waals surface area contributed by atoms with Gasteiger partial charge in [-0.15, -0.1) is 6.42 Å². The minimum absolute atomic E-state index is 0.00832. The number of anilines is 1. The Balaban J connectivity index is 1.31. The molecule has 1 saturated carbocycles. The fourth-order valence-electron chi connectivity index (χ4n) is 7.01. The summed E-state index contributed by atoms with van der Waals surface area (Å²) in [4.78, 5) is 31.1. The molecule has 3 aliphatic rings. The molecule has 292 valence electrons. The Hall–Kier alpha value is -4.88. The Bertz CT molecular complexity index is 2100. The van der Waals surface area contributed by atoms with E-state index in [2.05, 4.69) is 26.1 Å². The van der Waals surface area contributed by atoms with Crippen LogP contribution in [-0.4, -0.2) is 117 Å². The van der Waals surface area contributed by atoms with Gasteiger partial charge in [-0.05, 0) is 57.2 Å². The number of carbonyl (C=O) groups excluding carboxylic acids is 1. The Morgan fingerprint density at radius 2 is 1.87 bits per heavy atom. The monoisotopic (exact) mass is 760 g/mol. The number of pyridine rings is 1. The van der Waals surface area contributed by atoms with Crippen molar-refractivity contribution in [3.05, 3.63) is 47.7 Å². The third-order valence-electron chi connectivity index (χ3n) is 9.84. The van der Waals surface area contributed by atoms with Gasteiger partial charge in [-0.2, -0.15) is 9.97 Å². The molecule has 3 fully saturated rings. The number of aromatic nitrogens is 3. The highest BCUT2D eigenvalue weighted by atomic mass is 19.1. The van der Waals surface area contributed by atoms with E-state index in [0.29, 0.717) is 60.7 Å². The molecule has 4 aromatic rings. The van der Waals surface area contributed by atoms with Crippen LogP contribution in [0.15, 0.2) is 30.5 Å². The maximum atomic E-state index is 17.3. The molecule has 1 aliphatic carbocycles. The molecule has 0 spiro atoms. The van der Waals surface area contributed by atoms with E-state index in [-0.39, 0.29) is 53.7 Å². The molecule has 0 unspecified atom stereocenters. The van der Waals surface area contributed by atoms with E-state index in [1.54, 1.807) is 39.0 Å². The van der Waals surface area contributed by atoms with Crippen molar-refractivity contribution < 1.29 is 42.0 Å². The van der Waals surface area contributed by atoms with Gasteiger partial charge < -0.3 is 38.6 Å². The van der Waals surface area contributed by atoms with E-state index in [0.717, 1.165) is 32.5 Å². The van der Waals surface area contributed by atoms with E-state index in [1.165, 1.54) is 19.4 Å². The number of morpholine rings is 1. The molecule has 2 aromatic heterocycles. The van der Waals surface area contributed by atoms with Gasteiger partial charge in [0.2, 0.25) is 0 Å². The number of hydrogen-bond donors (Lipinski definition) is 1. The van der Waals surface area contributed by atoms with Gasteiger partial charge in [-0.1, -0.05) is 12.0 Å². The van der Waals surface area contributed by atoms with Gasteiger partial charge in [0.15, 0.2) is 12.6 Å². The second-order valence-electron chi connectivity index (χ2n) is 15.2. The molecular weight excluding hydrogens is 714 g/mol. The number of hydrogen-bond acceptors (Lipinski definition) is 12. The molecule has 1 atom stereocenters. The predicted molar refractivity (Wildman–Crippen MR) is 201 cm³/mol. The maximum Gasteiger partial charge on any atom is 0.408 e. The zero-order valence-electron chi connectivity index (χ0n) is 31.6. The second-order valence-corrected chi connectivity index (χ2v) is 15.2. The van der Waals surface area contributed by atoms with E-state index in [1.807, 2.05) is 4.90 Å². The Kier molecular flexibility index (Phi) is 11.2. The van der Waals surface area contributed by atoms with Crippen LogP contribution in [0.1, 0.15) is 39.2 Å². The summed E-state index contributed by atoms with van der Waals surface area (Å²) < 4.78 is 66.5. The first-order chi connectivity index (χ1) is 26.5. The van der Waals surface area contributed by atoms with Crippen molar-refractivity contribution in [2.24, 2.45) is 5.41 Å². The molecule has 4 heterocycles. The lowest BCUT2D eigenvalue weighted by Gasteiger charge is -2.30. The predicted octanol–water partition coefficient (Wildman–Crippen LogP) is 5.31. The van der Waals surface area contributed by atoms with Crippen LogP contribution in [-0.2, 0) is 18.9 Å². The number of fused-ring (bicyclic) bond motifs is 2. The van der Waals surface area contributed by atoms with Crippen molar-refractivity contribution in [3.8, 4) is 35.4 Å². The number of ether oxygens (including phenoxy) is 6. The van der Waals surface area contributed by atoms with E-state index in [9.17, 15) is 4.79 Å². The van der Waals surface area contributed by atoms with E-state index < -0.39 is 29.4 Å². The van der Waals surface area contributed by atoms with Crippen molar-refractivity contribution in [3.63, 3.8) is 0 Å². The summed E-state index contributed by atoms with van der Waals surface area (Å²) in [7, 11) is 1.48. The molecule has 13 nitrogen and oxygen atoms in total. The largest absolute Gasteiger partial charge is 0.468 e. The molecule has 2 aromatic carbocycles. The summed E-state index contributed by atoms with van der Waals surface area (Å²) in [6.45, 7) is 10.8. The van der Waals surface area contributed by atoms with Crippen LogP contribution in [0.2, 0.25) is 0 Å². The first kappa shape index (κ1) is 38.4. The summed E-state index contributed by atoms with van der Waals surface area (Å²) in [6, 6.07) is 5.55. The van der Waals surface area contributed by atoms with Crippen molar-refractivity contribution >= 4 is 33.6 Å². The average molecular weight is 761 g/mol. The topological polar surface area (TPSA) is 130 Å². The SMILES string of the molecule is C#Cc1c(F)ccc2cc(OCOC)cc(-c3ncc4c(N5CCOC[C@H](NC(=O)OC(C)(C)C)C5)nc(OCC5(CN6CCOCC6)CC5)nc4c3F)c12. The molecular formula is C40H46F2N6O7. The maximum absolute atomic E-state index is 17.3. The molecule has 55 heavy (non-hydrogen) atoms. The second kappa shape index (κ2) is 16.1. The number of methoxy groups -OCH3 is 1. The van der Waals surface area contributed by atoms with Crippen molar-refractivity contribution in [2.75, 3.05) is 84.6 Å². The van der Waals surface area contributed by atoms with Gasteiger partial charge in [-0.3, -0.25) is 9.88 Å². The molecule has 2 saturated heterocycles. The van der Waals surface area contributed by atoms with Crippen LogP contribution in [0.25, 0.3) is 32.9 Å². The van der Waals surface area contributed by atoms with Crippen molar-refractivity contribution in [2.45, 2.75) is 45.3 Å². The summed E-state index contributed by atoms with van der Waals surface area (Å²) in [5, 5.41) is 4.01. The molecule has 0 bridgehead atoms. The normalized spacial score (nSPS) is 18.8. The van der Waals surface area contributed by atoms with Gasteiger partial charge in [0.25, 0.3) is 0 Å². The van der Waals surface area contributed by atoms with Crippen LogP contribution in [0.4, 0.5) is 19.4 Å². The lowest BCUT2D eigenvalue weighted by atomic mass is 9.95. The summed E-state index contributed by atoms with van der Waals surface area (Å²) in [5.41, 5.74) is -0.770. The highest BCUT2D eigenvalue weighted by Gasteiger charge is 2.45. The lowest BCUT2D eigenvalue weighted by molar-refractivity contribution is 0.0231. The van der Waals surface area contributed by atoms with Gasteiger partial charge in [0.1, 0.15) is 34.2 Å². The van der Waals surface area contributed by atoms with Crippen LogP contribution in [0.5, 0.6) is 11.8 Å². The van der Waals surface area contributed by atoms with Gasteiger partial charge in [0, 0.05) is 62.4 Å². The first-order valence-corrected chi connectivity index (χ1v) is 18.4. The number of alkyl carbamates (subject to hydrolysis) is 1. The minimum atomic E-state index is -0.785.